The van der Waals surface area contributed by atoms with E-state index >= 15 is 0 Å². The summed E-state index contributed by atoms with van der Waals surface area (Å²) in [5.41, 5.74) is 7.48. The Balaban J connectivity index is 2.90. The van der Waals surface area contributed by atoms with Crippen molar-refractivity contribution < 1.29 is 5.11 Å². The molecule has 82 valence electrons. The van der Waals surface area contributed by atoms with Crippen LogP contribution in [0.2, 0.25) is 5.02 Å². The molecule has 0 bridgehead atoms. The zero-order chi connectivity index (χ0) is 12.1. The molecule has 0 saturated heterocycles. The molecule has 0 spiro atoms. The molecule has 0 saturated carbocycles. The molecule has 0 aliphatic rings. The number of halogens is 1. The van der Waals surface area contributed by atoms with Crippen LogP contribution < -0.4 is 11.2 Å². The molecule has 7 heteroatoms. The van der Waals surface area contributed by atoms with E-state index in [1.165, 1.54) is 12.1 Å². The zero-order valence-electron chi connectivity index (χ0n) is 8.03. The second-order valence-corrected chi connectivity index (χ2v) is 3.20. The summed E-state index contributed by atoms with van der Waals surface area (Å²) >= 11 is 5.63. The number of phenolic OH excluding ortho intramolecular Hbond substituents is 1. The standard InChI is InChI=1S/C9H8ClN5O/c10-5-1-2-6(8(16)3-5)14-15-7(4-11)9(12)13/h1-3,14,16H,(H3,12,13)/b15-7+. The summed E-state index contributed by atoms with van der Waals surface area (Å²) < 4.78 is 0. The van der Waals surface area contributed by atoms with Crippen molar-refractivity contribution in [3.8, 4) is 11.8 Å². The Morgan fingerprint density at radius 3 is 2.81 bits per heavy atom. The fourth-order valence-corrected chi connectivity index (χ4v) is 1.03. The van der Waals surface area contributed by atoms with Gasteiger partial charge < -0.3 is 10.8 Å². The number of anilines is 1. The second kappa shape index (κ2) is 5.00. The minimum absolute atomic E-state index is 0.114. The number of hydrogen-bond donors (Lipinski definition) is 4. The molecule has 0 heterocycles. The third-order valence-corrected chi connectivity index (χ3v) is 1.84. The Hall–Kier alpha value is -2.26. The van der Waals surface area contributed by atoms with E-state index in [2.05, 4.69) is 10.5 Å². The molecule has 0 radical (unpaired) electrons. The van der Waals surface area contributed by atoms with Crippen LogP contribution >= 0.6 is 11.6 Å². The Kier molecular flexibility index (Phi) is 3.69. The van der Waals surface area contributed by atoms with Crippen LogP contribution in [0.3, 0.4) is 0 Å². The van der Waals surface area contributed by atoms with Gasteiger partial charge in [0.25, 0.3) is 0 Å². The van der Waals surface area contributed by atoms with E-state index in [0.29, 0.717) is 5.02 Å². The molecule has 0 aromatic heterocycles. The number of hydrogen-bond acceptors (Lipinski definition) is 5. The van der Waals surface area contributed by atoms with Gasteiger partial charge in [-0.3, -0.25) is 10.8 Å². The number of nitrogens with zero attached hydrogens (tertiary/aromatic N) is 2. The van der Waals surface area contributed by atoms with Gasteiger partial charge in [-0.2, -0.15) is 10.4 Å². The molecular weight excluding hydrogens is 230 g/mol. The van der Waals surface area contributed by atoms with Gasteiger partial charge in [-0.15, -0.1) is 0 Å². The van der Waals surface area contributed by atoms with E-state index < -0.39 is 5.84 Å². The number of nitrogens with two attached hydrogens (primary N) is 1. The molecule has 5 N–H and O–H groups in total. The molecule has 1 aromatic rings. The van der Waals surface area contributed by atoms with Crippen molar-refractivity contribution in [3.05, 3.63) is 23.2 Å². The molecule has 0 atom stereocenters. The Labute approximate surface area is 96.5 Å². The van der Waals surface area contributed by atoms with Gasteiger partial charge in [0.1, 0.15) is 11.8 Å². The summed E-state index contributed by atoms with van der Waals surface area (Å²) in [4.78, 5) is 0. The number of hydrazone groups is 1. The molecule has 0 fully saturated rings. The lowest BCUT2D eigenvalue weighted by atomic mass is 10.3. The molecule has 6 nitrogen and oxygen atoms in total. The monoisotopic (exact) mass is 237 g/mol. The highest BCUT2D eigenvalue weighted by Gasteiger charge is 2.03. The third kappa shape index (κ3) is 2.87. The number of aromatic hydroxyl groups is 1. The normalized spacial score (nSPS) is 10.6. The van der Waals surface area contributed by atoms with Crippen molar-refractivity contribution in [2.75, 3.05) is 5.43 Å². The lowest BCUT2D eigenvalue weighted by molar-refractivity contribution is 0.477. The van der Waals surface area contributed by atoms with Crippen LogP contribution in [0.5, 0.6) is 5.75 Å². The lowest BCUT2D eigenvalue weighted by Gasteiger charge is -2.03. The molecule has 0 unspecified atom stereocenters. The fourth-order valence-electron chi connectivity index (χ4n) is 0.861. The highest BCUT2D eigenvalue weighted by atomic mass is 35.5. The quantitative estimate of drug-likeness (QED) is 0.274. The van der Waals surface area contributed by atoms with Crippen molar-refractivity contribution in [2.45, 2.75) is 0 Å². The first-order chi connectivity index (χ1) is 7.54. The van der Waals surface area contributed by atoms with Crippen molar-refractivity contribution in [3.63, 3.8) is 0 Å². The first kappa shape index (κ1) is 11.8. The number of nitriles is 1. The highest BCUT2D eigenvalue weighted by molar-refractivity contribution is 6.45. The number of benzene rings is 1. The van der Waals surface area contributed by atoms with E-state index in [0.717, 1.165) is 0 Å². The molecular formula is C9H8ClN5O. The summed E-state index contributed by atoms with van der Waals surface area (Å²) in [5, 5.41) is 28.9. The van der Waals surface area contributed by atoms with Crippen LogP contribution in [-0.2, 0) is 0 Å². The van der Waals surface area contributed by atoms with Gasteiger partial charge in [-0.1, -0.05) is 11.6 Å². The third-order valence-electron chi connectivity index (χ3n) is 1.61. The number of phenols is 1. The van der Waals surface area contributed by atoms with Crippen molar-refractivity contribution in [1.82, 2.24) is 0 Å². The zero-order valence-corrected chi connectivity index (χ0v) is 8.78. The van der Waals surface area contributed by atoms with Crippen LogP contribution in [0.25, 0.3) is 0 Å². The highest BCUT2D eigenvalue weighted by Crippen LogP contribution is 2.26. The SMILES string of the molecule is N#C/C(=N\Nc1ccc(Cl)cc1O)C(=N)N. The summed E-state index contributed by atoms with van der Waals surface area (Å²) in [6.07, 6.45) is 0. The van der Waals surface area contributed by atoms with Crippen molar-refractivity contribution in [1.29, 1.82) is 10.7 Å². The van der Waals surface area contributed by atoms with Crippen LogP contribution in [-0.4, -0.2) is 16.7 Å². The smallest absolute Gasteiger partial charge is 0.201 e. The predicted molar refractivity (Wildman–Crippen MR) is 61.7 cm³/mol. The predicted octanol–water partition coefficient (Wildman–Crippen LogP) is 1.27. The van der Waals surface area contributed by atoms with Crippen LogP contribution in [0.1, 0.15) is 0 Å². The molecule has 0 aliphatic carbocycles. The van der Waals surface area contributed by atoms with Crippen molar-refractivity contribution in [2.24, 2.45) is 10.8 Å². The molecule has 16 heavy (non-hydrogen) atoms. The fraction of sp³-hybridized carbons (Fsp3) is 0. The van der Waals surface area contributed by atoms with Gasteiger partial charge in [0.15, 0.2) is 5.84 Å². The number of nitrogens with one attached hydrogen (secondary N) is 2. The van der Waals surface area contributed by atoms with E-state index in [4.69, 9.17) is 28.0 Å². The van der Waals surface area contributed by atoms with Gasteiger partial charge in [0, 0.05) is 11.1 Å². The Bertz CT molecular complexity index is 491. The first-order valence-electron chi connectivity index (χ1n) is 4.11. The minimum Gasteiger partial charge on any atom is -0.506 e. The van der Waals surface area contributed by atoms with Gasteiger partial charge in [0.05, 0.1) is 5.69 Å². The van der Waals surface area contributed by atoms with E-state index in [1.54, 1.807) is 12.1 Å². The van der Waals surface area contributed by atoms with Crippen LogP contribution in [0.15, 0.2) is 23.3 Å². The number of rotatable bonds is 3. The lowest BCUT2D eigenvalue weighted by Crippen LogP contribution is -2.21. The second-order valence-electron chi connectivity index (χ2n) is 2.76. The molecule has 0 amide bonds. The van der Waals surface area contributed by atoms with Gasteiger partial charge in [-0.05, 0) is 12.1 Å². The van der Waals surface area contributed by atoms with E-state index in [9.17, 15) is 5.11 Å². The maximum absolute atomic E-state index is 9.43. The Morgan fingerprint density at radius 2 is 2.31 bits per heavy atom. The topological polar surface area (TPSA) is 118 Å². The number of amidine groups is 1. The van der Waals surface area contributed by atoms with E-state index in [1.807, 2.05) is 0 Å². The maximum Gasteiger partial charge on any atom is 0.201 e. The summed E-state index contributed by atoms with van der Waals surface area (Å²) in [5.74, 6) is -0.569. The molecule has 0 aliphatic heterocycles. The minimum atomic E-state index is -0.455. The summed E-state index contributed by atoms with van der Waals surface area (Å²) in [6, 6.07) is 5.97. The van der Waals surface area contributed by atoms with Gasteiger partial charge in [0.2, 0.25) is 5.71 Å². The van der Waals surface area contributed by atoms with Gasteiger partial charge in [-0.25, -0.2) is 0 Å². The average Bonchev–Trinajstić information content (AvgIpc) is 2.21. The summed E-state index contributed by atoms with van der Waals surface area (Å²) in [6.45, 7) is 0. The molecule has 1 aromatic carbocycles. The average molecular weight is 238 g/mol. The van der Waals surface area contributed by atoms with Crippen molar-refractivity contribution >= 4 is 28.8 Å². The van der Waals surface area contributed by atoms with E-state index in [-0.39, 0.29) is 17.1 Å². The molecule has 1 rings (SSSR count). The van der Waals surface area contributed by atoms with Gasteiger partial charge >= 0.3 is 0 Å². The Morgan fingerprint density at radius 1 is 1.62 bits per heavy atom. The maximum atomic E-state index is 9.43. The van der Waals surface area contributed by atoms with Crippen LogP contribution in [0.4, 0.5) is 5.69 Å². The summed E-state index contributed by atoms with van der Waals surface area (Å²) in [7, 11) is 0. The van der Waals surface area contributed by atoms with Crippen LogP contribution in [0, 0.1) is 16.7 Å². The first-order valence-corrected chi connectivity index (χ1v) is 4.49. The largest absolute Gasteiger partial charge is 0.506 e.